The van der Waals surface area contributed by atoms with Crippen molar-refractivity contribution in [3.63, 3.8) is 0 Å². The van der Waals surface area contributed by atoms with Gasteiger partial charge in [0.2, 0.25) is 5.88 Å². The second-order valence-corrected chi connectivity index (χ2v) is 7.45. The second-order valence-electron chi connectivity index (χ2n) is 7.45. The highest BCUT2D eigenvalue weighted by Crippen LogP contribution is 2.26. The first kappa shape index (κ1) is 19.8. The topological polar surface area (TPSA) is 96.1 Å². The van der Waals surface area contributed by atoms with Crippen LogP contribution in [-0.2, 0) is 0 Å². The Kier molecular flexibility index (Phi) is 5.31. The fourth-order valence-corrected chi connectivity index (χ4v) is 3.50. The molecule has 0 radical (unpaired) electrons. The Morgan fingerprint density at radius 3 is 2.60 bits per heavy atom. The number of carboxylic acid groups (broad SMARTS) is 1. The van der Waals surface area contributed by atoms with Crippen molar-refractivity contribution in [3.05, 3.63) is 52.9 Å². The molecule has 1 aromatic carbocycles. The molecular formula is C22H23N3O5. The second kappa shape index (κ2) is 8.06. The lowest BCUT2D eigenvalue weighted by Crippen LogP contribution is -2.48. The SMILES string of the molecule is CC(C)Oc1cccc(-c2cc3ccc(N4CCN(C(=O)O)CC4)cc3oc2=O)n1. The van der Waals surface area contributed by atoms with Crippen LogP contribution in [0.2, 0.25) is 0 Å². The normalized spacial score (nSPS) is 14.4. The van der Waals surface area contributed by atoms with Gasteiger partial charge >= 0.3 is 11.7 Å². The molecule has 4 rings (SSSR count). The van der Waals surface area contributed by atoms with Gasteiger partial charge in [0.05, 0.1) is 17.4 Å². The number of ether oxygens (including phenoxy) is 1. The first-order valence-corrected chi connectivity index (χ1v) is 9.85. The van der Waals surface area contributed by atoms with Crippen LogP contribution in [0.15, 0.2) is 51.7 Å². The molecule has 0 aliphatic carbocycles. The van der Waals surface area contributed by atoms with Crippen LogP contribution in [0.4, 0.5) is 10.5 Å². The largest absolute Gasteiger partial charge is 0.475 e. The molecule has 0 bridgehead atoms. The van der Waals surface area contributed by atoms with Gasteiger partial charge in [-0.3, -0.25) is 0 Å². The molecule has 0 unspecified atom stereocenters. The Labute approximate surface area is 173 Å². The van der Waals surface area contributed by atoms with E-state index in [1.807, 2.05) is 32.0 Å². The highest BCUT2D eigenvalue weighted by atomic mass is 16.5. The molecule has 3 heterocycles. The molecule has 1 amide bonds. The minimum absolute atomic E-state index is 0.0171. The van der Waals surface area contributed by atoms with E-state index in [2.05, 4.69) is 9.88 Å². The Bertz CT molecular complexity index is 1130. The Morgan fingerprint density at radius 1 is 1.13 bits per heavy atom. The summed E-state index contributed by atoms with van der Waals surface area (Å²) in [6, 6.07) is 12.7. The summed E-state index contributed by atoms with van der Waals surface area (Å²) in [5.41, 5.74) is 1.78. The van der Waals surface area contributed by atoms with Gasteiger partial charge in [-0.05, 0) is 38.1 Å². The molecule has 0 atom stereocenters. The summed E-state index contributed by atoms with van der Waals surface area (Å²) >= 11 is 0. The van der Waals surface area contributed by atoms with Crippen LogP contribution in [0.1, 0.15) is 13.8 Å². The molecule has 1 saturated heterocycles. The first-order valence-electron chi connectivity index (χ1n) is 9.85. The van der Waals surface area contributed by atoms with Crippen molar-refractivity contribution in [1.82, 2.24) is 9.88 Å². The van der Waals surface area contributed by atoms with E-state index in [0.717, 1.165) is 11.1 Å². The van der Waals surface area contributed by atoms with E-state index in [9.17, 15) is 9.59 Å². The van der Waals surface area contributed by atoms with Gasteiger partial charge in [0.15, 0.2) is 0 Å². The minimum Gasteiger partial charge on any atom is -0.475 e. The zero-order chi connectivity index (χ0) is 21.3. The summed E-state index contributed by atoms with van der Waals surface area (Å²) in [6.07, 6.45) is -0.917. The lowest BCUT2D eigenvalue weighted by Gasteiger charge is -2.34. The van der Waals surface area contributed by atoms with Crippen molar-refractivity contribution in [2.75, 3.05) is 31.1 Å². The van der Waals surface area contributed by atoms with Crippen molar-refractivity contribution in [2.45, 2.75) is 20.0 Å². The number of piperazine rings is 1. The third-order valence-electron chi connectivity index (χ3n) is 4.99. The van der Waals surface area contributed by atoms with Crippen LogP contribution in [0.5, 0.6) is 5.88 Å². The fourth-order valence-electron chi connectivity index (χ4n) is 3.50. The molecule has 2 aromatic heterocycles. The first-order chi connectivity index (χ1) is 14.4. The number of benzene rings is 1. The molecule has 8 nitrogen and oxygen atoms in total. The molecule has 1 aliphatic rings. The molecular weight excluding hydrogens is 386 g/mol. The van der Waals surface area contributed by atoms with E-state index < -0.39 is 11.7 Å². The van der Waals surface area contributed by atoms with E-state index >= 15 is 0 Å². The smallest absolute Gasteiger partial charge is 0.407 e. The third kappa shape index (κ3) is 4.07. The number of aromatic nitrogens is 1. The number of rotatable bonds is 4. The highest BCUT2D eigenvalue weighted by molar-refractivity contribution is 5.84. The molecule has 1 N–H and O–H groups in total. The zero-order valence-electron chi connectivity index (χ0n) is 16.9. The number of hydrogen-bond donors (Lipinski definition) is 1. The summed E-state index contributed by atoms with van der Waals surface area (Å²) < 4.78 is 11.2. The number of fused-ring (bicyclic) bond motifs is 1. The number of hydrogen-bond acceptors (Lipinski definition) is 6. The summed E-state index contributed by atoms with van der Waals surface area (Å²) in [7, 11) is 0. The van der Waals surface area contributed by atoms with E-state index in [1.165, 1.54) is 4.90 Å². The van der Waals surface area contributed by atoms with Crippen LogP contribution in [-0.4, -0.2) is 53.4 Å². The quantitative estimate of drug-likeness (QED) is 0.660. The van der Waals surface area contributed by atoms with Crippen molar-refractivity contribution < 1.29 is 19.1 Å². The molecule has 0 saturated carbocycles. The predicted octanol–water partition coefficient (Wildman–Crippen LogP) is 3.44. The van der Waals surface area contributed by atoms with Crippen molar-refractivity contribution in [2.24, 2.45) is 0 Å². The maximum Gasteiger partial charge on any atom is 0.407 e. The number of anilines is 1. The van der Waals surface area contributed by atoms with Gasteiger partial charge in [-0.2, -0.15) is 0 Å². The maximum atomic E-state index is 12.6. The van der Waals surface area contributed by atoms with E-state index in [0.29, 0.717) is 48.9 Å². The van der Waals surface area contributed by atoms with Gasteiger partial charge in [0.1, 0.15) is 5.58 Å². The zero-order valence-corrected chi connectivity index (χ0v) is 16.9. The summed E-state index contributed by atoms with van der Waals surface area (Å²) in [5, 5.41) is 9.88. The fraction of sp³-hybridized carbons (Fsp3) is 0.318. The molecule has 30 heavy (non-hydrogen) atoms. The lowest BCUT2D eigenvalue weighted by molar-refractivity contribution is 0.142. The molecule has 3 aromatic rings. The number of amides is 1. The molecule has 1 fully saturated rings. The molecule has 1 aliphatic heterocycles. The van der Waals surface area contributed by atoms with Crippen LogP contribution >= 0.6 is 0 Å². The molecule has 156 valence electrons. The highest BCUT2D eigenvalue weighted by Gasteiger charge is 2.21. The van der Waals surface area contributed by atoms with E-state index in [1.54, 1.807) is 24.3 Å². The summed E-state index contributed by atoms with van der Waals surface area (Å²) in [5.74, 6) is 0.456. The van der Waals surface area contributed by atoms with Crippen molar-refractivity contribution >= 4 is 22.7 Å². The molecule has 0 spiro atoms. The van der Waals surface area contributed by atoms with E-state index in [4.69, 9.17) is 14.3 Å². The van der Waals surface area contributed by atoms with Gasteiger partial charge in [-0.15, -0.1) is 0 Å². The average Bonchev–Trinajstić information content (AvgIpc) is 2.72. The summed E-state index contributed by atoms with van der Waals surface area (Å²) in [6.45, 7) is 5.89. The van der Waals surface area contributed by atoms with Crippen LogP contribution < -0.4 is 15.3 Å². The number of carbonyl (C=O) groups is 1. The third-order valence-corrected chi connectivity index (χ3v) is 4.99. The van der Waals surface area contributed by atoms with Crippen LogP contribution in [0, 0.1) is 0 Å². The Morgan fingerprint density at radius 2 is 1.90 bits per heavy atom. The van der Waals surface area contributed by atoms with E-state index in [-0.39, 0.29) is 6.10 Å². The van der Waals surface area contributed by atoms with Crippen molar-refractivity contribution in [3.8, 4) is 17.1 Å². The monoisotopic (exact) mass is 409 g/mol. The van der Waals surface area contributed by atoms with Gasteiger partial charge < -0.3 is 24.1 Å². The summed E-state index contributed by atoms with van der Waals surface area (Å²) in [4.78, 5) is 31.6. The lowest BCUT2D eigenvalue weighted by atomic mass is 10.1. The standard InChI is InChI=1S/C22H23N3O5/c1-14(2)29-20-5-3-4-18(23-20)17-12-15-6-7-16(13-19(15)30-21(17)26)24-8-10-25(11-9-24)22(27)28/h3-7,12-14H,8-11H2,1-2H3,(H,27,28). The molecule has 8 heteroatoms. The van der Waals surface area contributed by atoms with Gasteiger partial charge in [0.25, 0.3) is 0 Å². The van der Waals surface area contributed by atoms with Gasteiger partial charge in [0, 0.05) is 49.4 Å². The van der Waals surface area contributed by atoms with Gasteiger partial charge in [-0.25, -0.2) is 14.6 Å². The predicted molar refractivity (Wildman–Crippen MR) is 113 cm³/mol. The van der Waals surface area contributed by atoms with Crippen LogP contribution in [0.25, 0.3) is 22.2 Å². The maximum absolute atomic E-state index is 12.6. The average molecular weight is 409 g/mol. The van der Waals surface area contributed by atoms with Gasteiger partial charge in [-0.1, -0.05) is 6.07 Å². The minimum atomic E-state index is -0.900. The Balaban J connectivity index is 1.62. The van der Waals surface area contributed by atoms with Crippen molar-refractivity contribution in [1.29, 1.82) is 0 Å². The number of pyridine rings is 1. The van der Waals surface area contributed by atoms with Crippen LogP contribution in [0.3, 0.4) is 0 Å². The Hall–Kier alpha value is -3.55. The number of nitrogens with zero attached hydrogens (tertiary/aromatic N) is 3.